The number of hydrogen-bond acceptors (Lipinski definition) is 4. The third kappa shape index (κ3) is 2.48. The maximum Gasteiger partial charge on any atom is 0.191 e. The normalized spacial score (nSPS) is 16.7. The molecule has 0 aromatic carbocycles. The van der Waals surface area contributed by atoms with Crippen molar-refractivity contribution in [3.05, 3.63) is 18.2 Å². The van der Waals surface area contributed by atoms with Crippen molar-refractivity contribution in [2.75, 3.05) is 13.1 Å². The highest BCUT2D eigenvalue weighted by Crippen LogP contribution is 1.93. The lowest BCUT2D eigenvalue weighted by molar-refractivity contribution is 0.739. The zero-order valence-electron chi connectivity index (χ0n) is 8.08. The molecule has 0 bridgehead atoms. The van der Waals surface area contributed by atoms with Crippen molar-refractivity contribution in [1.29, 1.82) is 0 Å². The van der Waals surface area contributed by atoms with Gasteiger partial charge in [0.25, 0.3) is 0 Å². The number of guanidine groups is 1. The standard InChI is InChI=1S/C9H15N5/c1-2-4-13-9(12-3-1)14-7-8-10-5-6-11-8/h5-6H,1-4,7H2,(H,10,11)(H2,12,13,14). The van der Waals surface area contributed by atoms with Crippen LogP contribution < -0.4 is 10.6 Å². The van der Waals surface area contributed by atoms with Crippen molar-refractivity contribution in [3.63, 3.8) is 0 Å². The third-order valence-corrected chi connectivity index (χ3v) is 2.13. The fourth-order valence-corrected chi connectivity index (χ4v) is 1.37. The number of H-pyrrole nitrogens is 1. The highest BCUT2D eigenvalue weighted by Gasteiger charge is 2.02. The second-order valence-electron chi connectivity index (χ2n) is 3.25. The molecule has 1 aromatic heterocycles. The molecule has 1 aliphatic heterocycles. The van der Waals surface area contributed by atoms with E-state index in [0.717, 1.165) is 24.9 Å². The number of aromatic amines is 1. The van der Waals surface area contributed by atoms with Crippen molar-refractivity contribution in [3.8, 4) is 0 Å². The van der Waals surface area contributed by atoms with Gasteiger partial charge in [-0.3, -0.25) is 4.99 Å². The Bertz CT molecular complexity index is 290. The van der Waals surface area contributed by atoms with Gasteiger partial charge in [-0.15, -0.1) is 0 Å². The Kier molecular flexibility index (Phi) is 3.00. The average molecular weight is 193 g/mol. The summed E-state index contributed by atoms with van der Waals surface area (Å²) >= 11 is 0. The SMILES string of the molecule is c1c[nH]c(CNC2=NCCCCN2)n1. The smallest absolute Gasteiger partial charge is 0.191 e. The molecule has 0 atom stereocenters. The molecule has 3 N–H and O–H groups in total. The highest BCUT2D eigenvalue weighted by molar-refractivity contribution is 5.79. The van der Waals surface area contributed by atoms with Gasteiger partial charge in [0.2, 0.25) is 0 Å². The molecule has 0 unspecified atom stereocenters. The van der Waals surface area contributed by atoms with Crippen LogP contribution in [0.2, 0.25) is 0 Å². The lowest BCUT2D eigenvalue weighted by atomic mass is 10.3. The predicted molar refractivity (Wildman–Crippen MR) is 55.0 cm³/mol. The topological polar surface area (TPSA) is 65.1 Å². The summed E-state index contributed by atoms with van der Waals surface area (Å²) in [6, 6.07) is 0. The third-order valence-electron chi connectivity index (χ3n) is 2.13. The summed E-state index contributed by atoms with van der Waals surface area (Å²) in [6.45, 7) is 2.61. The minimum atomic E-state index is 0.693. The van der Waals surface area contributed by atoms with Gasteiger partial charge in [0.15, 0.2) is 5.96 Å². The fraction of sp³-hybridized carbons (Fsp3) is 0.556. The number of nitrogens with zero attached hydrogens (tertiary/aromatic N) is 2. The Hall–Kier alpha value is -1.52. The van der Waals surface area contributed by atoms with Crippen LogP contribution >= 0.6 is 0 Å². The van der Waals surface area contributed by atoms with Gasteiger partial charge >= 0.3 is 0 Å². The van der Waals surface area contributed by atoms with Gasteiger partial charge in [0, 0.05) is 25.5 Å². The van der Waals surface area contributed by atoms with E-state index in [0.29, 0.717) is 6.54 Å². The second-order valence-corrected chi connectivity index (χ2v) is 3.25. The molecule has 76 valence electrons. The van der Waals surface area contributed by atoms with E-state index in [1.165, 1.54) is 12.8 Å². The molecular formula is C9H15N5. The molecule has 0 radical (unpaired) electrons. The minimum absolute atomic E-state index is 0.693. The summed E-state index contributed by atoms with van der Waals surface area (Å²) in [5, 5.41) is 6.45. The lowest BCUT2D eigenvalue weighted by Gasteiger charge is -2.08. The number of rotatable bonds is 2. The number of aliphatic imine (C=N–C) groups is 1. The van der Waals surface area contributed by atoms with Crippen LogP contribution in [0.25, 0.3) is 0 Å². The first-order valence-electron chi connectivity index (χ1n) is 4.95. The van der Waals surface area contributed by atoms with E-state index in [9.17, 15) is 0 Å². The molecule has 0 fully saturated rings. The molecule has 0 saturated heterocycles. The van der Waals surface area contributed by atoms with Crippen LogP contribution in [-0.4, -0.2) is 29.0 Å². The van der Waals surface area contributed by atoms with E-state index in [1.807, 2.05) is 6.20 Å². The monoisotopic (exact) mass is 193 g/mol. The molecular weight excluding hydrogens is 178 g/mol. The number of nitrogens with one attached hydrogen (secondary N) is 3. The van der Waals surface area contributed by atoms with Gasteiger partial charge < -0.3 is 15.6 Å². The first-order valence-corrected chi connectivity index (χ1v) is 4.95. The van der Waals surface area contributed by atoms with Gasteiger partial charge in [-0.25, -0.2) is 4.98 Å². The van der Waals surface area contributed by atoms with Crippen molar-refractivity contribution < 1.29 is 0 Å². The quantitative estimate of drug-likeness (QED) is 0.630. The fourth-order valence-electron chi connectivity index (χ4n) is 1.37. The number of imidazole rings is 1. The molecule has 0 saturated carbocycles. The summed E-state index contributed by atoms with van der Waals surface area (Å²) in [4.78, 5) is 11.5. The van der Waals surface area contributed by atoms with Crippen molar-refractivity contribution in [2.45, 2.75) is 19.4 Å². The summed E-state index contributed by atoms with van der Waals surface area (Å²) < 4.78 is 0. The van der Waals surface area contributed by atoms with Crippen LogP contribution in [0.15, 0.2) is 17.4 Å². The summed E-state index contributed by atoms with van der Waals surface area (Å²) in [5.41, 5.74) is 0. The Morgan fingerprint density at radius 3 is 3.29 bits per heavy atom. The minimum Gasteiger partial charge on any atom is -0.356 e. The van der Waals surface area contributed by atoms with Crippen molar-refractivity contribution in [2.24, 2.45) is 4.99 Å². The second kappa shape index (κ2) is 4.64. The molecule has 1 aromatic rings. The van der Waals surface area contributed by atoms with Gasteiger partial charge in [-0.2, -0.15) is 0 Å². The van der Waals surface area contributed by atoms with Crippen LogP contribution in [0.1, 0.15) is 18.7 Å². The first-order chi connectivity index (χ1) is 6.95. The van der Waals surface area contributed by atoms with Crippen LogP contribution in [0.5, 0.6) is 0 Å². The van der Waals surface area contributed by atoms with E-state index >= 15 is 0 Å². The molecule has 5 nitrogen and oxygen atoms in total. The molecule has 5 heteroatoms. The lowest BCUT2D eigenvalue weighted by Crippen LogP contribution is -2.36. The molecule has 0 aliphatic carbocycles. The predicted octanol–water partition coefficient (Wildman–Crippen LogP) is 0.239. The van der Waals surface area contributed by atoms with Crippen LogP contribution in [-0.2, 0) is 6.54 Å². The van der Waals surface area contributed by atoms with E-state index in [-0.39, 0.29) is 0 Å². The molecule has 0 amide bonds. The summed E-state index contributed by atoms with van der Waals surface area (Å²) in [6.07, 6.45) is 5.92. The van der Waals surface area contributed by atoms with Gasteiger partial charge in [0.05, 0.1) is 6.54 Å². The van der Waals surface area contributed by atoms with E-state index in [4.69, 9.17) is 0 Å². The van der Waals surface area contributed by atoms with E-state index in [2.05, 4.69) is 25.6 Å². The molecule has 2 heterocycles. The van der Waals surface area contributed by atoms with E-state index < -0.39 is 0 Å². The molecule has 0 spiro atoms. The first kappa shape index (κ1) is 9.05. The Balaban J connectivity index is 1.82. The maximum absolute atomic E-state index is 4.38. The molecule has 2 rings (SSSR count). The van der Waals surface area contributed by atoms with Crippen LogP contribution in [0.4, 0.5) is 0 Å². The Morgan fingerprint density at radius 2 is 2.43 bits per heavy atom. The number of hydrogen-bond donors (Lipinski definition) is 3. The Labute approximate surface area is 83.0 Å². The van der Waals surface area contributed by atoms with E-state index in [1.54, 1.807) is 6.20 Å². The average Bonchev–Trinajstić information content (AvgIpc) is 2.58. The van der Waals surface area contributed by atoms with Gasteiger partial charge in [-0.05, 0) is 12.8 Å². The van der Waals surface area contributed by atoms with Gasteiger partial charge in [0.1, 0.15) is 5.82 Å². The van der Waals surface area contributed by atoms with Crippen LogP contribution in [0, 0.1) is 0 Å². The maximum atomic E-state index is 4.38. The zero-order chi connectivity index (χ0) is 9.64. The highest BCUT2D eigenvalue weighted by atomic mass is 15.2. The summed E-state index contributed by atoms with van der Waals surface area (Å²) in [7, 11) is 0. The summed E-state index contributed by atoms with van der Waals surface area (Å²) in [5.74, 6) is 1.82. The molecule has 1 aliphatic rings. The largest absolute Gasteiger partial charge is 0.356 e. The van der Waals surface area contributed by atoms with Crippen LogP contribution in [0.3, 0.4) is 0 Å². The zero-order valence-corrected chi connectivity index (χ0v) is 8.08. The number of aromatic nitrogens is 2. The van der Waals surface area contributed by atoms with Gasteiger partial charge in [-0.1, -0.05) is 0 Å². The van der Waals surface area contributed by atoms with Crippen molar-refractivity contribution in [1.82, 2.24) is 20.6 Å². The Morgan fingerprint density at radius 1 is 1.43 bits per heavy atom. The molecule has 14 heavy (non-hydrogen) atoms. The van der Waals surface area contributed by atoms with Crippen molar-refractivity contribution >= 4 is 5.96 Å².